The van der Waals surface area contributed by atoms with Gasteiger partial charge in [-0.1, -0.05) is 26.0 Å². The van der Waals surface area contributed by atoms with Gasteiger partial charge in [0, 0.05) is 6.42 Å². The molecule has 1 aromatic rings. The topological polar surface area (TPSA) is 101 Å². The van der Waals surface area contributed by atoms with Gasteiger partial charge in [-0.3, -0.25) is 28.9 Å². The molecule has 1 aromatic carbocycles. The number of ether oxygens (including phenoxy) is 1. The molecule has 0 spiro atoms. The van der Waals surface area contributed by atoms with Gasteiger partial charge in [-0.15, -0.1) is 0 Å². The number of benzene rings is 1. The van der Waals surface area contributed by atoms with Crippen molar-refractivity contribution in [3.63, 3.8) is 0 Å². The first-order valence-electron chi connectivity index (χ1n) is 10.0. The summed E-state index contributed by atoms with van der Waals surface area (Å²) in [4.78, 5) is 64.3. The average molecular weight is 416 g/mol. The Morgan fingerprint density at radius 1 is 1.10 bits per heavy atom. The lowest BCUT2D eigenvalue weighted by atomic mass is 9.97. The average Bonchev–Trinajstić information content (AvgIpc) is 2.94. The summed E-state index contributed by atoms with van der Waals surface area (Å²) in [5.74, 6) is -2.88. The van der Waals surface area contributed by atoms with Gasteiger partial charge < -0.3 is 4.74 Å². The molecule has 1 atom stereocenters. The van der Waals surface area contributed by atoms with Crippen LogP contribution < -0.4 is 0 Å². The van der Waals surface area contributed by atoms with Crippen molar-refractivity contribution in [2.45, 2.75) is 60.4 Å². The smallest absolute Gasteiger partial charge is 0.312 e. The van der Waals surface area contributed by atoms with E-state index in [4.69, 9.17) is 4.74 Å². The van der Waals surface area contributed by atoms with Crippen molar-refractivity contribution in [3.05, 3.63) is 34.9 Å². The highest BCUT2D eigenvalue weighted by molar-refractivity contribution is 6.24. The summed E-state index contributed by atoms with van der Waals surface area (Å²) in [6, 6.07) is 3.84. The Labute approximate surface area is 176 Å². The minimum atomic E-state index is -1.10. The molecule has 2 aliphatic heterocycles. The lowest BCUT2D eigenvalue weighted by Crippen LogP contribution is -2.56. The van der Waals surface area contributed by atoms with Gasteiger partial charge >= 0.3 is 5.97 Å². The maximum absolute atomic E-state index is 12.9. The molecule has 162 valence electrons. The molecule has 0 bridgehead atoms. The molecule has 8 nitrogen and oxygen atoms in total. The van der Waals surface area contributed by atoms with Gasteiger partial charge in [0.1, 0.15) is 6.04 Å². The Kier molecular flexibility index (Phi) is 6.80. The fourth-order valence-corrected chi connectivity index (χ4v) is 3.29. The van der Waals surface area contributed by atoms with E-state index in [1.165, 1.54) is 0 Å². The van der Waals surface area contributed by atoms with Crippen molar-refractivity contribution in [2.75, 3.05) is 6.73 Å². The van der Waals surface area contributed by atoms with Crippen LogP contribution in [0.1, 0.15) is 73.7 Å². The van der Waals surface area contributed by atoms with Gasteiger partial charge in [-0.2, -0.15) is 0 Å². The molecule has 3 rings (SSSR count). The first-order valence-corrected chi connectivity index (χ1v) is 10.0. The minimum Gasteiger partial charge on any atom is -0.443 e. The van der Waals surface area contributed by atoms with Gasteiger partial charge in [0.15, 0.2) is 6.73 Å². The lowest BCUT2D eigenvalue weighted by Gasteiger charge is -2.34. The van der Waals surface area contributed by atoms with E-state index in [9.17, 15) is 24.0 Å². The summed E-state index contributed by atoms with van der Waals surface area (Å²) < 4.78 is 5.09. The highest BCUT2D eigenvalue weighted by Gasteiger charge is 2.47. The molecule has 30 heavy (non-hydrogen) atoms. The van der Waals surface area contributed by atoms with Crippen LogP contribution in [-0.4, -0.2) is 52.2 Å². The van der Waals surface area contributed by atoms with E-state index in [-0.39, 0.29) is 24.0 Å². The standard InChI is InChI=1S/C20H22N2O6.C2H6/c1-11-6-5-7-12-15(11)18(26)22(16(12)24)13-8-9-14(23)21(17(13)25)10-28-19(27)20(2,3)4;1-2/h5-7,13H,8-10H2,1-4H3;1-2H3. The Morgan fingerprint density at radius 2 is 1.73 bits per heavy atom. The van der Waals surface area contributed by atoms with E-state index in [0.717, 1.165) is 9.80 Å². The SMILES string of the molecule is CC.Cc1cccc2c1C(=O)N(C1CCC(=O)N(COC(=O)C(C)(C)C)C1=O)C2=O. The number of rotatable bonds is 3. The Hall–Kier alpha value is -3.03. The van der Waals surface area contributed by atoms with E-state index in [1.807, 2.05) is 13.8 Å². The van der Waals surface area contributed by atoms with E-state index in [2.05, 4.69) is 0 Å². The van der Waals surface area contributed by atoms with Crippen LogP contribution in [0.25, 0.3) is 0 Å². The van der Waals surface area contributed by atoms with E-state index in [1.54, 1.807) is 45.9 Å². The van der Waals surface area contributed by atoms with Gasteiger partial charge in [0.2, 0.25) is 5.91 Å². The van der Waals surface area contributed by atoms with Gasteiger partial charge in [0.05, 0.1) is 16.5 Å². The van der Waals surface area contributed by atoms with Crippen molar-refractivity contribution in [2.24, 2.45) is 5.41 Å². The molecule has 0 aromatic heterocycles. The Balaban J connectivity index is 0.00000155. The first-order chi connectivity index (χ1) is 14.0. The normalized spacial score (nSPS) is 18.8. The lowest BCUT2D eigenvalue weighted by molar-refractivity contribution is -0.168. The molecule has 1 saturated heterocycles. The maximum atomic E-state index is 12.9. The van der Waals surface area contributed by atoms with E-state index < -0.39 is 47.8 Å². The third kappa shape index (κ3) is 4.13. The van der Waals surface area contributed by atoms with Gasteiger partial charge in [0.25, 0.3) is 17.7 Å². The summed E-state index contributed by atoms with van der Waals surface area (Å²) in [6.07, 6.45) is 0.0156. The molecule has 1 fully saturated rings. The Morgan fingerprint density at radius 3 is 2.30 bits per heavy atom. The number of esters is 1. The second-order valence-electron chi connectivity index (χ2n) is 8.00. The third-order valence-electron chi connectivity index (χ3n) is 4.89. The number of likely N-dealkylation sites (tertiary alicyclic amines) is 1. The number of carbonyl (C=O) groups excluding carboxylic acids is 5. The molecule has 1 unspecified atom stereocenters. The van der Waals surface area contributed by atoms with E-state index >= 15 is 0 Å². The quantitative estimate of drug-likeness (QED) is 0.555. The number of hydrogen-bond acceptors (Lipinski definition) is 6. The number of amides is 4. The van der Waals surface area contributed by atoms with Crippen LogP contribution in [0.5, 0.6) is 0 Å². The molecule has 4 amide bonds. The van der Waals surface area contributed by atoms with Crippen LogP contribution in [0.3, 0.4) is 0 Å². The number of carbonyl (C=O) groups is 5. The molecular weight excluding hydrogens is 388 g/mol. The zero-order valence-electron chi connectivity index (χ0n) is 18.3. The highest BCUT2D eigenvalue weighted by atomic mass is 16.5. The largest absolute Gasteiger partial charge is 0.443 e. The number of nitrogens with zero attached hydrogens (tertiary/aromatic N) is 2. The Bertz CT molecular complexity index is 899. The summed E-state index contributed by atoms with van der Waals surface area (Å²) in [6.45, 7) is 10.1. The summed E-state index contributed by atoms with van der Waals surface area (Å²) in [7, 11) is 0. The van der Waals surface area contributed by atoms with Crippen molar-refractivity contribution in [1.82, 2.24) is 9.80 Å². The van der Waals surface area contributed by atoms with Crippen LogP contribution in [0, 0.1) is 12.3 Å². The number of imide groups is 2. The molecule has 0 radical (unpaired) electrons. The predicted octanol–water partition coefficient (Wildman–Crippen LogP) is 2.68. The van der Waals surface area contributed by atoms with Crippen LogP contribution >= 0.6 is 0 Å². The highest BCUT2D eigenvalue weighted by Crippen LogP contribution is 2.31. The molecule has 0 aliphatic carbocycles. The predicted molar refractivity (Wildman–Crippen MR) is 108 cm³/mol. The number of hydrogen-bond donors (Lipinski definition) is 0. The second-order valence-corrected chi connectivity index (χ2v) is 8.00. The first kappa shape index (κ1) is 23.3. The zero-order chi connectivity index (χ0) is 22.8. The maximum Gasteiger partial charge on any atom is 0.312 e. The molecule has 0 saturated carbocycles. The summed E-state index contributed by atoms with van der Waals surface area (Å²) in [5, 5.41) is 0. The van der Waals surface area contributed by atoms with Crippen molar-refractivity contribution in [1.29, 1.82) is 0 Å². The van der Waals surface area contributed by atoms with Gasteiger partial charge in [-0.05, 0) is 45.7 Å². The molecule has 2 heterocycles. The van der Waals surface area contributed by atoms with Crippen LogP contribution in [-0.2, 0) is 19.1 Å². The molecule has 0 N–H and O–H groups in total. The summed E-state index contributed by atoms with van der Waals surface area (Å²) in [5.41, 5.74) is 0.387. The fraction of sp³-hybridized carbons (Fsp3) is 0.500. The third-order valence-corrected chi connectivity index (χ3v) is 4.89. The number of aryl methyl sites for hydroxylation is 1. The van der Waals surface area contributed by atoms with Crippen LogP contribution in [0.4, 0.5) is 0 Å². The second kappa shape index (κ2) is 8.77. The van der Waals surface area contributed by atoms with Crippen molar-refractivity contribution in [3.8, 4) is 0 Å². The molecule has 2 aliphatic rings. The number of piperidine rings is 1. The van der Waals surface area contributed by atoms with Crippen LogP contribution in [0.15, 0.2) is 18.2 Å². The zero-order valence-corrected chi connectivity index (χ0v) is 18.3. The number of fused-ring (bicyclic) bond motifs is 1. The van der Waals surface area contributed by atoms with Crippen molar-refractivity contribution < 1.29 is 28.7 Å². The van der Waals surface area contributed by atoms with Crippen molar-refractivity contribution >= 4 is 29.6 Å². The minimum absolute atomic E-state index is 0.0319. The molecular formula is C22H28N2O6. The monoisotopic (exact) mass is 416 g/mol. The van der Waals surface area contributed by atoms with Crippen LogP contribution in [0.2, 0.25) is 0 Å². The van der Waals surface area contributed by atoms with E-state index in [0.29, 0.717) is 5.56 Å². The fourth-order valence-electron chi connectivity index (χ4n) is 3.29. The summed E-state index contributed by atoms with van der Waals surface area (Å²) >= 11 is 0. The molecule has 8 heteroatoms. The van der Waals surface area contributed by atoms with Gasteiger partial charge in [-0.25, -0.2) is 4.90 Å².